The minimum absolute atomic E-state index is 0.0523. The number of ketones is 1. The molecule has 0 spiro atoms. The number of nitrogens with one attached hydrogen (secondary N) is 1. The van der Waals surface area contributed by atoms with E-state index in [0.717, 1.165) is 0 Å². The van der Waals surface area contributed by atoms with E-state index in [1.54, 1.807) is 6.92 Å². The van der Waals surface area contributed by atoms with Gasteiger partial charge in [0.25, 0.3) is 0 Å². The largest absolute Gasteiger partial charge is 0.351 e. The van der Waals surface area contributed by atoms with Crippen LogP contribution in [0.3, 0.4) is 0 Å². The SMILES string of the molecule is CC(=O)CCC(C)(C)NC(C)=O. The molecular weight excluding hydrogens is 154 g/mol. The van der Waals surface area contributed by atoms with E-state index in [2.05, 4.69) is 5.32 Å². The molecule has 0 saturated carbocycles. The first-order valence-electron chi connectivity index (χ1n) is 4.12. The van der Waals surface area contributed by atoms with Crippen LogP contribution in [0.5, 0.6) is 0 Å². The summed E-state index contributed by atoms with van der Waals surface area (Å²) in [6, 6.07) is 0. The molecular formula is C9H17NO2. The van der Waals surface area contributed by atoms with Gasteiger partial charge in [-0.2, -0.15) is 0 Å². The van der Waals surface area contributed by atoms with Crippen molar-refractivity contribution >= 4 is 11.7 Å². The first-order chi connectivity index (χ1) is 5.33. The molecule has 0 aliphatic heterocycles. The van der Waals surface area contributed by atoms with Crippen molar-refractivity contribution in [2.75, 3.05) is 0 Å². The van der Waals surface area contributed by atoms with Gasteiger partial charge in [0.15, 0.2) is 0 Å². The molecule has 0 fully saturated rings. The lowest BCUT2D eigenvalue weighted by molar-refractivity contribution is -0.121. The Morgan fingerprint density at radius 3 is 2.08 bits per heavy atom. The minimum atomic E-state index is -0.266. The summed E-state index contributed by atoms with van der Waals surface area (Å²) < 4.78 is 0. The van der Waals surface area contributed by atoms with Gasteiger partial charge in [0, 0.05) is 18.9 Å². The van der Waals surface area contributed by atoms with Crippen molar-refractivity contribution < 1.29 is 9.59 Å². The highest BCUT2D eigenvalue weighted by Gasteiger charge is 2.18. The molecule has 0 heterocycles. The zero-order chi connectivity index (χ0) is 9.78. The second-order valence-electron chi connectivity index (χ2n) is 3.77. The highest BCUT2D eigenvalue weighted by atomic mass is 16.1. The summed E-state index contributed by atoms with van der Waals surface area (Å²) in [4.78, 5) is 21.4. The van der Waals surface area contributed by atoms with Gasteiger partial charge in [-0.3, -0.25) is 4.79 Å². The summed E-state index contributed by atoms with van der Waals surface area (Å²) >= 11 is 0. The van der Waals surface area contributed by atoms with Crippen LogP contribution in [0.4, 0.5) is 0 Å². The maximum Gasteiger partial charge on any atom is 0.217 e. The van der Waals surface area contributed by atoms with Gasteiger partial charge in [-0.1, -0.05) is 0 Å². The van der Waals surface area contributed by atoms with Crippen LogP contribution in [0, 0.1) is 0 Å². The zero-order valence-electron chi connectivity index (χ0n) is 8.23. The van der Waals surface area contributed by atoms with Gasteiger partial charge in [0.05, 0.1) is 0 Å². The summed E-state index contributed by atoms with van der Waals surface area (Å²) in [5.74, 6) is 0.108. The standard InChI is InChI=1S/C9H17NO2/c1-7(11)5-6-9(3,4)10-8(2)12/h5-6H2,1-4H3,(H,10,12). The van der Waals surface area contributed by atoms with E-state index in [1.807, 2.05) is 13.8 Å². The lowest BCUT2D eigenvalue weighted by atomic mass is 9.97. The van der Waals surface area contributed by atoms with Gasteiger partial charge >= 0.3 is 0 Å². The summed E-state index contributed by atoms with van der Waals surface area (Å²) in [5, 5.41) is 2.78. The number of rotatable bonds is 4. The number of hydrogen-bond acceptors (Lipinski definition) is 2. The zero-order valence-corrected chi connectivity index (χ0v) is 8.23. The van der Waals surface area contributed by atoms with Crippen LogP contribution < -0.4 is 5.32 Å². The molecule has 3 nitrogen and oxygen atoms in total. The third-order valence-corrected chi connectivity index (χ3v) is 1.62. The minimum Gasteiger partial charge on any atom is -0.351 e. The molecule has 0 radical (unpaired) electrons. The monoisotopic (exact) mass is 171 g/mol. The number of carbonyl (C=O) groups excluding carboxylic acids is 2. The van der Waals surface area contributed by atoms with Gasteiger partial charge < -0.3 is 10.1 Å². The quantitative estimate of drug-likeness (QED) is 0.692. The molecule has 1 N–H and O–H groups in total. The molecule has 0 bridgehead atoms. The van der Waals surface area contributed by atoms with Crippen molar-refractivity contribution in [3.05, 3.63) is 0 Å². The molecule has 70 valence electrons. The molecule has 0 rings (SSSR count). The summed E-state index contributed by atoms with van der Waals surface area (Å²) in [6.07, 6.45) is 1.22. The predicted molar refractivity (Wildman–Crippen MR) is 47.8 cm³/mol. The van der Waals surface area contributed by atoms with E-state index in [1.165, 1.54) is 6.92 Å². The highest BCUT2D eigenvalue weighted by Crippen LogP contribution is 2.10. The van der Waals surface area contributed by atoms with Crippen molar-refractivity contribution in [1.29, 1.82) is 0 Å². The molecule has 0 aromatic carbocycles. The Hall–Kier alpha value is -0.860. The molecule has 0 atom stereocenters. The molecule has 0 aromatic rings. The fourth-order valence-electron chi connectivity index (χ4n) is 1.03. The Morgan fingerprint density at radius 2 is 1.75 bits per heavy atom. The van der Waals surface area contributed by atoms with Crippen molar-refractivity contribution in [2.24, 2.45) is 0 Å². The first kappa shape index (κ1) is 11.1. The topological polar surface area (TPSA) is 46.2 Å². The molecule has 0 saturated heterocycles. The Bertz CT molecular complexity index is 185. The number of hydrogen-bond donors (Lipinski definition) is 1. The fraction of sp³-hybridized carbons (Fsp3) is 0.778. The predicted octanol–water partition coefficient (Wildman–Crippen LogP) is 1.27. The molecule has 1 amide bonds. The van der Waals surface area contributed by atoms with Gasteiger partial charge in [-0.25, -0.2) is 0 Å². The Balaban J connectivity index is 3.86. The third kappa shape index (κ3) is 5.89. The molecule has 3 heteroatoms. The fourth-order valence-corrected chi connectivity index (χ4v) is 1.03. The highest BCUT2D eigenvalue weighted by molar-refractivity contribution is 5.76. The summed E-state index contributed by atoms with van der Waals surface area (Å²) in [6.45, 7) is 6.87. The second-order valence-corrected chi connectivity index (χ2v) is 3.77. The van der Waals surface area contributed by atoms with Crippen LogP contribution in [0.1, 0.15) is 40.5 Å². The van der Waals surface area contributed by atoms with Crippen LogP contribution in [0.25, 0.3) is 0 Å². The van der Waals surface area contributed by atoms with Crippen molar-refractivity contribution in [3.63, 3.8) is 0 Å². The molecule has 12 heavy (non-hydrogen) atoms. The smallest absolute Gasteiger partial charge is 0.217 e. The van der Waals surface area contributed by atoms with Gasteiger partial charge in [0.2, 0.25) is 5.91 Å². The van der Waals surface area contributed by atoms with Crippen molar-refractivity contribution in [3.8, 4) is 0 Å². The van der Waals surface area contributed by atoms with E-state index >= 15 is 0 Å². The van der Waals surface area contributed by atoms with E-state index in [9.17, 15) is 9.59 Å². The Labute approximate surface area is 73.5 Å². The average Bonchev–Trinajstić information content (AvgIpc) is 1.81. The van der Waals surface area contributed by atoms with Crippen molar-refractivity contribution in [1.82, 2.24) is 5.32 Å². The lowest BCUT2D eigenvalue weighted by Crippen LogP contribution is -2.42. The van der Waals surface area contributed by atoms with Crippen LogP contribution in [-0.2, 0) is 9.59 Å². The van der Waals surface area contributed by atoms with Crippen LogP contribution >= 0.6 is 0 Å². The first-order valence-corrected chi connectivity index (χ1v) is 4.12. The van der Waals surface area contributed by atoms with Crippen LogP contribution in [0.2, 0.25) is 0 Å². The van der Waals surface area contributed by atoms with E-state index < -0.39 is 0 Å². The number of carbonyl (C=O) groups is 2. The number of Topliss-reactive ketones (excluding diaryl/α,β-unsaturated/α-hetero) is 1. The maximum absolute atomic E-state index is 10.7. The lowest BCUT2D eigenvalue weighted by Gasteiger charge is -2.24. The Morgan fingerprint density at radius 1 is 1.25 bits per heavy atom. The molecule has 0 unspecified atom stereocenters. The number of amides is 1. The van der Waals surface area contributed by atoms with Gasteiger partial charge in [0.1, 0.15) is 5.78 Å². The van der Waals surface area contributed by atoms with Gasteiger partial charge in [-0.05, 0) is 27.2 Å². The molecule has 0 aromatic heterocycles. The van der Waals surface area contributed by atoms with E-state index in [-0.39, 0.29) is 17.2 Å². The molecule has 0 aliphatic carbocycles. The second kappa shape index (κ2) is 4.24. The van der Waals surface area contributed by atoms with Gasteiger partial charge in [-0.15, -0.1) is 0 Å². The van der Waals surface area contributed by atoms with Crippen LogP contribution in [0.15, 0.2) is 0 Å². The summed E-state index contributed by atoms with van der Waals surface area (Å²) in [7, 11) is 0. The third-order valence-electron chi connectivity index (χ3n) is 1.62. The average molecular weight is 171 g/mol. The normalized spacial score (nSPS) is 11.0. The maximum atomic E-state index is 10.7. The molecule has 0 aliphatic rings. The summed E-state index contributed by atoms with van der Waals surface area (Å²) in [5.41, 5.74) is -0.266. The van der Waals surface area contributed by atoms with Crippen LogP contribution in [-0.4, -0.2) is 17.2 Å². The van der Waals surface area contributed by atoms with E-state index in [4.69, 9.17) is 0 Å². The van der Waals surface area contributed by atoms with Crippen molar-refractivity contribution in [2.45, 2.75) is 46.1 Å². The Kier molecular flexibility index (Phi) is 3.93. The van der Waals surface area contributed by atoms with E-state index in [0.29, 0.717) is 12.8 Å².